The number of hydrogen-bond acceptors (Lipinski definition) is 0. The van der Waals surface area contributed by atoms with Crippen LogP contribution in [0.4, 0.5) is 0 Å². The summed E-state index contributed by atoms with van der Waals surface area (Å²) in [7, 11) is 0. The lowest BCUT2D eigenvalue weighted by atomic mass is 9.90. The lowest BCUT2D eigenvalue weighted by molar-refractivity contribution is 0.687. The van der Waals surface area contributed by atoms with E-state index in [1.807, 2.05) is 0 Å². The Kier molecular flexibility index (Phi) is 2.11. The maximum Gasteiger partial charge on any atom is -0.0285 e. The van der Waals surface area contributed by atoms with Gasteiger partial charge in [-0.15, -0.1) is 0 Å². The van der Waals surface area contributed by atoms with E-state index in [2.05, 4.69) is 12.2 Å². The lowest BCUT2D eigenvalue weighted by Gasteiger charge is -2.17. The van der Waals surface area contributed by atoms with Crippen molar-refractivity contribution in [1.82, 2.24) is 0 Å². The van der Waals surface area contributed by atoms with Crippen LogP contribution in [0.15, 0.2) is 23.3 Å². The van der Waals surface area contributed by atoms with Crippen LogP contribution in [0, 0.1) is 0 Å². The summed E-state index contributed by atoms with van der Waals surface area (Å²) in [6, 6.07) is 0. The summed E-state index contributed by atoms with van der Waals surface area (Å²) in [5.41, 5.74) is 3.44. The Morgan fingerprint density at radius 1 is 0.727 bits per heavy atom. The Morgan fingerprint density at radius 3 is 1.82 bits per heavy atom. The summed E-state index contributed by atoms with van der Waals surface area (Å²) in [4.78, 5) is 0. The molecule has 0 spiro atoms. The van der Waals surface area contributed by atoms with Crippen LogP contribution >= 0.6 is 0 Å². The molecule has 0 aromatic rings. The van der Waals surface area contributed by atoms with E-state index in [1.165, 1.54) is 44.9 Å². The van der Waals surface area contributed by atoms with E-state index in [-0.39, 0.29) is 0 Å². The van der Waals surface area contributed by atoms with Crippen molar-refractivity contribution in [2.24, 2.45) is 0 Å². The first-order valence-electron chi connectivity index (χ1n) is 4.81. The Balaban J connectivity index is 2.19. The van der Waals surface area contributed by atoms with Gasteiger partial charge in [-0.05, 0) is 44.9 Å². The molecule has 0 heterocycles. The van der Waals surface area contributed by atoms with E-state index in [4.69, 9.17) is 0 Å². The molecule has 0 heteroatoms. The average Bonchev–Trinajstić information content (AvgIpc) is 1.80. The third-order valence-electron chi connectivity index (χ3n) is 2.79. The second-order valence-corrected chi connectivity index (χ2v) is 3.66. The zero-order valence-corrected chi connectivity index (χ0v) is 7.10. The smallest absolute Gasteiger partial charge is 0.0285 e. The zero-order valence-electron chi connectivity index (χ0n) is 7.10. The summed E-state index contributed by atoms with van der Waals surface area (Å²) < 4.78 is 0. The SMILES string of the molecule is C1=C2CCC=C(CC1)CCC2. The minimum atomic E-state index is 1.31. The van der Waals surface area contributed by atoms with Gasteiger partial charge >= 0.3 is 0 Å². The highest BCUT2D eigenvalue weighted by atomic mass is 14.1. The van der Waals surface area contributed by atoms with E-state index < -0.39 is 0 Å². The molecule has 3 aliphatic rings. The molecule has 0 nitrogen and oxygen atoms in total. The van der Waals surface area contributed by atoms with Crippen molar-refractivity contribution < 1.29 is 0 Å². The van der Waals surface area contributed by atoms with E-state index in [1.54, 1.807) is 11.1 Å². The van der Waals surface area contributed by atoms with E-state index in [0.717, 1.165) is 0 Å². The lowest BCUT2D eigenvalue weighted by Crippen LogP contribution is -1.97. The molecular weight excluding hydrogens is 132 g/mol. The van der Waals surface area contributed by atoms with Crippen LogP contribution in [0.2, 0.25) is 0 Å². The standard InChI is InChI=1S/C11H16/c1-4-10-6-2-7-11(5-1)9-3-8-10/h4,7H,1-3,5-6,8-9H2. The molecule has 0 aromatic heterocycles. The van der Waals surface area contributed by atoms with Crippen molar-refractivity contribution in [2.45, 2.75) is 44.9 Å². The molecule has 2 bridgehead atoms. The topological polar surface area (TPSA) is 0 Å². The zero-order chi connectivity index (χ0) is 7.52. The Bertz CT molecular complexity index is 174. The van der Waals surface area contributed by atoms with Gasteiger partial charge in [0, 0.05) is 0 Å². The molecule has 0 aliphatic heterocycles. The molecule has 0 saturated heterocycles. The number of rotatable bonds is 0. The van der Waals surface area contributed by atoms with Crippen molar-refractivity contribution in [2.75, 3.05) is 0 Å². The number of hydrogen-bond donors (Lipinski definition) is 0. The third kappa shape index (κ3) is 1.74. The number of fused-ring (bicyclic) bond motifs is 6. The van der Waals surface area contributed by atoms with Crippen molar-refractivity contribution >= 4 is 0 Å². The summed E-state index contributed by atoms with van der Waals surface area (Å²) in [6.45, 7) is 0. The fraction of sp³-hybridized carbons (Fsp3) is 0.636. The van der Waals surface area contributed by atoms with Crippen LogP contribution in [0.5, 0.6) is 0 Å². The number of allylic oxidation sites excluding steroid dienone is 4. The van der Waals surface area contributed by atoms with E-state index in [9.17, 15) is 0 Å². The Morgan fingerprint density at radius 2 is 1.27 bits per heavy atom. The van der Waals surface area contributed by atoms with Gasteiger partial charge in [0.2, 0.25) is 0 Å². The van der Waals surface area contributed by atoms with Gasteiger partial charge in [-0.3, -0.25) is 0 Å². The van der Waals surface area contributed by atoms with Crippen molar-refractivity contribution in [3.05, 3.63) is 23.3 Å². The van der Waals surface area contributed by atoms with Gasteiger partial charge in [0.1, 0.15) is 0 Å². The largest absolute Gasteiger partial charge is 0.0850 e. The van der Waals surface area contributed by atoms with Crippen LogP contribution < -0.4 is 0 Å². The maximum atomic E-state index is 2.48. The minimum absolute atomic E-state index is 1.31. The molecule has 0 fully saturated rings. The highest BCUT2D eigenvalue weighted by molar-refractivity contribution is 5.14. The van der Waals surface area contributed by atoms with Gasteiger partial charge in [-0.2, -0.15) is 0 Å². The molecule has 0 aromatic carbocycles. The molecule has 0 saturated carbocycles. The van der Waals surface area contributed by atoms with Crippen LogP contribution in [-0.4, -0.2) is 0 Å². The summed E-state index contributed by atoms with van der Waals surface area (Å²) in [6.07, 6.45) is 14.4. The second kappa shape index (κ2) is 3.25. The van der Waals surface area contributed by atoms with Gasteiger partial charge in [0.15, 0.2) is 0 Å². The first-order valence-corrected chi connectivity index (χ1v) is 4.81. The molecule has 0 radical (unpaired) electrons. The van der Waals surface area contributed by atoms with Gasteiger partial charge in [-0.1, -0.05) is 23.3 Å². The first kappa shape index (κ1) is 7.15. The van der Waals surface area contributed by atoms with Crippen LogP contribution in [0.1, 0.15) is 44.9 Å². The molecule has 60 valence electrons. The summed E-state index contributed by atoms with van der Waals surface area (Å²) in [5.74, 6) is 0. The molecule has 0 N–H and O–H groups in total. The van der Waals surface area contributed by atoms with Gasteiger partial charge < -0.3 is 0 Å². The summed E-state index contributed by atoms with van der Waals surface area (Å²) in [5, 5.41) is 0. The molecule has 0 atom stereocenters. The van der Waals surface area contributed by atoms with Gasteiger partial charge in [0.05, 0.1) is 0 Å². The maximum absolute atomic E-state index is 2.48. The van der Waals surface area contributed by atoms with Crippen molar-refractivity contribution in [1.29, 1.82) is 0 Å². The van der Waals surface area contributed by atoms with Crippen LogP contribution in [-0.2, 0) is 0 Å². The average molecular weight is 148 g/mol. The monoisotopic (exact) mass is 148 g/mol. The van der Waals surface area contributed by atoms with Crippen LogP contribution in [0.25, 0.3) is 0 Å². The molecule has 3 rings (SSSR count). The van der Waals surface area contributed by atoms with Gasteiger partial charge in [-0.25, -0.2) is 0 Å². The van der Waals surface area contributed by atoms with Crippen molar-refractivity contribution in [3.8, 4) is 0 Å². The van der Waals surface area contributed by atoms with E-state index in [0.29, 0.717) is 0 Å². The fourth-order valence-corrected chi connectivity index (χ4v) is 2.12. The third-order valence-corrected chi connectivity index (χ3v) is 2.79. The predicted octanol–water partition coefficient (Wildman–Crippen LogP) is 3.60. The predicted molar refractivity (Wildman–Crippen MR) is 48.5 cm³/mol. The second-order valence-electron chi connectivity index (χ2n) is 3.66. The fourth-order valence-electron chi connectivity index (χ4n) is 2.12. The van der Waals surface area contributed by atoms with E-state index >= 15 is 0 Å². The molecule has 0 amide bonds. The highest BCUT2D eigenvalue weighted by Gasteiger charge is 2.07. The molecule has 0 unspecified atom stereocenters. The normalized spacial score (nSPS) is 24.7. The first-order chi connectivity index (χ1) is 5.45. The van der Waals surface area contributed by atoms with Crippen LogP contribution in [0.3, 0.4) is 0 Å². The quantitative estimate of drug-likeness (QED) is 0.460. The summed E-state index contributed by atoms with van der Waals surface area (Å²) >= 11 is 0. The molecular formula is C11H16. The minimum Gasteiger partial charge on any atom is -0.0850 e. The molecule has 3 aliphatic carbocycles. The Labute approximate surface area is 69.0 Å². The van der Waals surface area contributed by atoms with Gasteiger partial charge in [0.25, 0.3) is 0 Å². The highest BCUT2D eigenvalue weighted by Crippen LogP contribution is 2.27. The Hall–Kier alpha value is -0.520. The van der Waals surface area contributed by atoms with Crippen molar-refractivity contribution in [3.63, 3.8) is 0 Å². The molecule has 11 heavy (non-hydrogen) atoms.